The van der Waals surface area contributed by atoms with Crippen LogP contribution in [0.15, 0.2) is 36.4 Å². The molecule has 152 valence electrons. The topological polar surface area (TPSA) is 131 Å². The van der Waals surface area contributed by atoms with E-state index in [4.69, 9.17) is 9.05 Å². The molecule has 2 rings (SSSR count). The molecule has 2 aromatic rings. The van der Waals surface area contributed by atoms with Crippen LogP contribution in [-0.4, -0.2) is 28.4 Å². The van der Waals surface area contributed by atoms with E-state index in [0.29, 0.717) is 11.3 Å². The molecule has 0 aliphatic carbocycles. The van der Waals surface area contributed by atoms with E-state index in [1.54, 1.807) is 20.8 Å². The van der Waals surface area contributed by atoms with Crippen molar-refractivity contribution in [1.29, 1.82) is 0 Å². The molecule has 10 heteroatoms. The third-order valence-electron chi connectivity index (χ3n) is 3.96. The maximum Gasteiger partial charge on any atom is 0.357 e. The first kappa shape index (κ1) is 21.7. The number of anilines is 1. The molecule has 0 aliphatic rings. The Morgan fingerprint density at radius 3 is 2.29 bits per heavy atom. The van der Waals surface area contributed by atoms with Crippen LogP contribution >= 0.6 is 7.60 Å². The number of phenolic OH excluding ortho intramolecular Hbond substituents is 2. The van der Waals surface area contributed by atoms with Gasteiger partial charge in [0.2, 0.25) is 0 Å². The number of nitrogens with one attached hydrogen (secondary N) is 1. The molecular weight excluding hydrogens is 387 g/mol. The molecule has 28 heavy (non-hydrogen) atoms. The maximum atomic E-state index is 13.5. The maximum absolute atomic E-state index is 13.5. The van der Waals surface area contributed by atoms with Crippen molar-refractivity contribution < 1.29 is 28.7 Å². The minimum atomic E-state index is -3.80. The monoisotopic (exact) mass is 410 g/mol. The van der Waals surface area contributed by atoms with Crippen LogP contribution in [0, 0.1) is 17.0 Å². The summed E-state index contributed by atoms with van der Waals surface area (Å²) in [5.41, 5.74) is 1.12. The average molecular weight is 410 g/mol. The van der Waals surface area contributed by atoms with Gasteiger partial charge in [0.25, 0.3) is 5.69 Å². The Hall–Kier alpha value is -2.61. The molecule has 0 spiro atoms. The molecule has 0 radical (unpaired) electrons. The van der Waals surface area contributed by atoms with Crippen LogP contribution in [-0.2, 0) is 13.6 Å². The molecule has 0 bridgehead atoms. The van der Waals surface area contributed by atoms with Gasteiger partial charge < -0.3 is 24.6 Å². The fourth-order valence-electron chi connectivity index (χ4n) is 2.71. The van der Waals surface area contributed by atoms with Gasteiger partial charge in [0.15, 0.2) is 5.78 Å². The van der Waals surface area contributed by atoms with Gasteiger partial charge in [0.1, 0.15) is 11.5 Å². The molecular formula is C18H23N2O7P. The van der Waals surface area contributed by atoms with Gasteiger partial charge in [0, 0.05) is 29.4 Å². The normalized spacial score (nSPS) is 12.5. The summed E-state index contributed by atoms with van der Waals surface area (Å²) in [7, 11) is -3.80. The van der Waals surface area contributed by atoms with Gasteiger partial charge in [-0.2, -0.15) is 0 Å². The Morgan fingerprint density at radius 1 is 1.14 bits per heavy atom. The van der Waals surface area contributed by atoms with Crippen LogP contribution < -0.4 is 5.32 Å². The molecule has 0 fully saturated rings. The third kappa shape index (κ3) is 4.81. The van der Waals surface area contributed by atoms with Gasteiger partial charge in [-0.3, -0.25) is 14.7 Å². The zero-order chi connectivity index (χ0) is 20.9. The second-order valence-electron chi connectivity index (χ2n) is 5.92. The van der Waals surface area contributed by atoms with Gasteiger partial charge >= 0.3 is 7.60 Å². The van der Waals surface area contributed by atoms with E-state index in [0.717, 1.165) is 6.07 Å². The van der Waals surface area contributed by atoms with Crippen molar-refractivity contribution >= 4 is 19.0 Å². The van der Waals surface area contributed by atoms with Crippen molar-refractivity contribution in [1.82, 2.24) is 0 Å². The fraction of sp³-hybridized carbons (Fsp3) is 0.333. The lowest BCUT2D eigenvalue weighted by molar-refractivity contribution is -0.384. The lowest BCUT2D eigenvalue weighted by atomic mass is 10.1. The Kier molecular flexibility index (Phi) is 7.01. The summed E-state index contributed by atoms with van der Waals surface area (Å²) in [5.74, 6) is -1.56. The Balaban J connectivity index is 2.55. The Morgan fingerprint density at radius 2 is 1.79 bits per heavy atom. The van der Waals surface area contributed by atoms with Crippen molar-refractivity contribution in [3.8, 4) is 11.5 Å². The number of hydrogen-bond acceptors (Lipinski definition) is 8. The molecule has 9 nitrogen and oxygen atoms in total. The lowest BCUT2D eigenvalue weighted by Gasteiger charge is -2.29. The predicted molar refractivity (Wildman–Crippen MR) is 105 cm³/mol. The molecule has 0 aromatic heterocycles. The molecule has 3 N–H and O–H groups in total. The lowest BCUT2D eigenvalue weighted by Crippen LogP contribution is -2.16. The van der Waals surface area contributed by atoms with Gasteiger partial charge in [-0.25, -0.2) is 0 Å². The molecule has 0 saturated heterocycles. The van der Waals surface area contributed by atoms with Crippen molar-refractivity contribution in [2.45, 2.75) is 26.6 Å². The summed E-state index contributed by atoms with van der Waals surface area (Å²) < 4.78 is 24.3. The quantitative estimate of drug-likeness (QED) is 0.308. The van der Waals surface area contributed by atoms with Crippen LogP contribution in [0.25, 0.3) is 0 Å². The largest absolute Gasteiger partial charge is 0.508 e. The minimum Gasteiger partial charge on any atom is -0.508 e. The first-order valence-corrected chi connectivity index (χ1v) is 10.2. The molecule has 0 heterocycles. The van der Waals surface area contributed by atoms with Gasteiger partial charge in [0.05, 0.1) is 18.1 Å². The number of hydrogen-bond donors (Lipinski definition) is 3. The Bertz CT molecular complexity index is 893. The summed E-state index contributed by atoms with van der Waals surface area (Å²) >= 11 is 0. The van der Waals surface area contributed by atoms with Crippen LogP contribution in [0.5, 0.6) is 11.5 Å². The summed E-state index contributed by atoms with van der Waals surface area (Å²) in [4.78, 5) is 10.4. The van der Waals surface area contributed by atoms with E-state index in [1.807, 2.05) is 0 Å². The van der Waals surface area contributed by atoms with E-state index in [9.17, 15) is 24.9 Å². The Labute approximate surface area is 162 Å². The number of aromatic hydroxyl groups is 2. The number of non-ortho nitro benzene ring substituents is 1. The zero-order valence-corrected chi connectivity index (χ0v) is 16.7. The van der Waals surface area contributed by atoms with Gasteiger partial charge in [-0.1, -0.05) is 0 Å². The predicted octanol–water partition coefficient (Wildman–Crippen LogP) is 4.69. The number of benzene rings is 2. The second-order valence-corrected chi connectivity index (χ2v) is 8.03. The molecule has 1 unspecified atom stereocenters. The highest BCUT2D eigenvalue weighted by Gasteiger charge is 2.39. The molecule has 1 atom stereocenters. The molecule has 0 amide bonds. The highest BCUT2D eigenvalue weighted by molar-refractivity contribution is 7.54. The number of phenols is 2. The van der Waals surface area contributed by atoms with E-state index >= 15 is 0 Å². The van der Waals surface area contributed by atoms with Crippen molar-refractivity contribution in [3.05, 3.63) is 57.6 Å². The highest BCUT2D eigenvalue weighted by Crippen LogP contribution is 2.62. The van der Waals surface area contributed by atoms with Crippen LogP contribution in [0.3, 0.4) is 0 Å². The fourth-order valence-corrected chi connectivity index (χ4v) is 4.66. The molecule has 2 aromatic carbocycles. The van der Waals surface area contributed by atoms with E-state index in [-0.39, 0.29) is 36.0 Å². The average Bonchev–Trinajstić information content (AvgIpc) is 2.61. The van der Waals surface area contributed by atoms with Crippen LogP contribution in [0.2, 0.25) is 0 Å². The van der Waals surface area contributed by atoms with Crippen molar-refractivity contribution in [3.63, 3.8) is 0 Å². The minimum absolute atomic E-state index is 0.0788. The van der Waals surface area contributed by atoms with E-state index < -0.39 is 18.3 Å². The van der Waals surface area contributed by atoms with Gasteiger partial charge in [-0.15, -0.1) is 0 Å². The second kappa shape index (κ2) is 9.05. The number of nitro benzene ring substituents is 1. The first-order chi connectivity index (χ1) is 13.2. The van der Waals surface area contributed by atoms with E-state index in [1.165, 1.54) is 30.3 Å². The van der Waals surface area contributed by atoms with Crippen molar-refractivity contribution in [2.24, 2.45) is 0 Å². The summed E-state index contributed by atoms with van der Waals surface area (Å²) in [6.07, 6.45) is 0. The zero-order valence-electron chi connectivity index (χ0n) is 15.8. The summed E-state index contributed by atoms with van der Waals surface area (Å²) in [6, 6.07) is 8.05. The van der Waals surface area contributed by atoms with Crippen molar-refractivity contribution in [2.75, 3.05) is 18.5 Å². The van der Waals surface area contributed by atoms with Crippen LogP contribution in [0.1, 0.15) is 30.8 Å². The molecule has 0 saturated carbocycles. The third-order valence-corrected chi connectivity index (χ3v) is 6.23. The summed E-state index contributed by atoms with van der Waals surface area (Å²) in [5, 5.41) is 33.9. The number of nitrogens with zero attached hydrogens (tertiary/aromatic N) is 1. The number of nitro groups is 1. The summed E-state index contributed by atoms with van der Waals surface area (Å²) in [6.45, 7) is 5.20. The number of aryl methyl sites for hydroxylation is 1. The smallest absolute Gasteiger partial charge is 0.357 e. The first-order valence-electron chi connectivity index (χ1n) is 8.64. The molecule has 0 aliphatic heterocycles. The highest BCUT2D eigenvalue weighted by atomic mass is 31.2. The van der Waals surface area contributed by atoms with Gasteiger partial charge in [-0.05, 0) is 44.5 Å². The SMILES string of the molecule is CCOP(=O)(OCC)C(Nc1ccc([N+](=O)[O-])cc1C)c1ccc(O)cc1O. The standard InChI is InChI=1S/C18H23N2O7P/c1-4-26-28(25,27-5-2)18(15-8-7-14(21)11-17(15)22)19-16-9-6-13(20(23)24)10-12(16)3/h6-11,18-19,21-22H,4-5H2,1-3H3. The number of rotatable bonds is 9. The van der Waals surface area contributed by atoms with Crippen LogP contribution in [0.4, 0.5) is 11.4 Å². The van der Waals surface area contributed by atoms with E-state index in [2.05, 4.69) is 5.32 Å².